The molecule has 0 aliphatic rings. The normalized spacial score (nSPS) is 10.6. The number of nitrogens with zero attached hydrogens (tertiary/aromatic N) is 1. The highest BCUT2D eigenvalue weighted by molar-refractivity contribution is 5.99. The molecule has 0 saturated heterocycles. The van der Waals surface area contributed by atoms with Crippen molar-refractivity contribution in [3.05, 3.63) is 77.5 Å². The zero-order valence-corrected chi connectivity index (χ0v) is 13.5. The molecule has 0 aliphatic heterocycles. The van der Waals surface area contributed by atoms with Gasteiger partial charge in [0.25, 0.3) is 5.91 Å². The number of hydrogen-bond donors (Lipinski definition) is 0. The average molecular weight is 305 g/mol. The first-order valence-corrected chi connectivity index (χ1v) is 7.55. The molecule has 0 fully saturated rings. The standard InChI is InChI=1S/C20H19NO2/c1-14-13-19(16-9-11-18(23-3)12-10-16)21(15(14)2)20(22)17-7-5-4-6-8-17/h4-13H,1-3H3. The number of methoxy groups -OCH3 is 1. The van der Waals surface area contributed by atoms with Crippen molar-refractivity contribution in [2.45, 2.75) is 13.8 Å². The summed E-state index contributed by atoms with van der Waals surface area (Å²) in [5.74, 6) is 0.789. The van der Waals surface area contributed by atoms with Crippen molar-refractivity contribution in [3.63, 3.8) is 0 Å². The molecule has 0 radical (unpaired) electrons. The van der Waals surface area contributed by atoms with Crippen LogP contribution in [0.15, 0.2) is 60.7 Å². The summed E-state index contributed by atoms with van der Waals surface area (Å²) >= 11 is 0. The van der Waals surface area contributed by atoms with Crippen LogP contribution >= 0.6 is 0 Å². The molecule has 0 bridgehead atoms. The molecule has 0 N–H and O–H groups in total. The number of carbonyl (C=O) groups excluding carboxylic acids is 1. The molecule has 2 aromatic carbocycles. The molecule has 3 nitrogen and oxygen atoms in total. The summed E-state index contributed by atoms with van der Waals surface area (Å²) in [6, 6.07) is 19.2. The van der Waals surface area contributed by atoms with Crippen LogP contribution in [0.1, 0.15) is 21.6 Å². The third kappa shape index (κ3) is 2.78. The highest BCUT2D eigenvalue weighted by atomic mass is 16.5. The fourth-order valence-electron chi connectivity index (χ4n) is 2.68. The quantitative estimate of drug-likeness (QED) is 0.715. The molecule has 0 spiro atoms. The van der Waals surface area contributed by atoms with Crippen LogP contribution in [0, 0.1) is 13.8 Å². The molecule has 0 amide bonds. The minimum atomic E-state index is -0.0120. The Kier molecular flexibility index (Phi) is 4.02. The zero-order chi connectivity index (χ0) is 16.4. The fraction of sp³-hybridized carbons (Fsp3) is 0.150. The van der Waals surface area contributed by atoms with Gasteiger partial charge in [0.1, 0.15) is 5.75 Å². The van der Waals surface area contributed by atoms with Crippen LogP contribution < -0.4 is 4.74 Å². The van der Waals surface area contributed by atoms with E-state index in [0.717, 1.165) is 28.3 Å². The van der Waals surface area contributed by atoms with Gasteiger partial charge < -0.3 is 4.74 Å². The zero-order valence-electron chi connectivity index (χ0n) is 13.5. The van der Waals surface area contributed by atoms with E-state index in [1.807, 2.05) is 68.4 Å². The van der Waals surface area contributed by atoms with Gasteiger partial charge in [0, 0.05) is 11.3 Å². The minimum absolute atomic E-state index is 0.0120. The van der Waals surface area contributed by atoms with Crippen molar-refractivity contribution in [2.24, 2.45) is 0 Å². The van der Waals surface area contributed by atoms with E-state index in [1.54, 1.807) is 11.7 Å². The van der Waals surface area contributed by atoms with Crippen LogP contribution in [0.5, 0.6) is 5.75 Å². The van der Waals surface area contributed by atoms with Crippen LogP contribution in [0.4, 0.5) is 0 Å². The lowest BCUT2D eigenvalue weighted by Gasteiger charge is -2.11. The summed E-state index contributed by atoms with van der Waals surface area (Å²) < 4.78 is 6.99. The Balaban J connectivity index is 2.11. The second-order valence-corrected chi connectivity index (χ2v) is 5.53. The summed E-state index contributed by atoms with van der Waals surface area (Å²) in [7, 11) is 1.64. The van der Waals surface area contributed by atoms with E-state index >= 15 is 0 Å². The van der Waals surface area contributed by atoms with E-state index in [4.69, 9.17) is 4.74 Å². The molecule has 3 rings (SSSR count). The Morgan fingerprint density at radius 3 is 2.22 bits per heavy atom. The fourth-order valence-corrected chi connectivity index (χ4v) is 2.68. The SMILES string of the molecule is COc1ccc(-c2cc(C)c(C)n2C(=O)c2ccccc2)cc1. The highest BCUT2D eigenvalue weighted by Crippen LogP contribution is 2.28. The Morgan fingerprint density at radius 1 is 0.957 bits per heavy atom. The lowest BCUT2D eigenvalue weighted by Crippen LogP contribution is -2.14. The van der Waals surface area contributed by atoms with Crippen molar-refractivity contribution in [2.75, 3.05) is 7.11 Å². The van der Waals surface area contributed by atoms with Gasteiger partial charge in [-0.3, -0.25) is 9.36 Å². The summed E-state index contributed by atoms with van der Waals surface area (Å²) in [6.45, 7) is 4.00. The first kappa shape index (κ1) is 15.1. The van der Waals surface area contributed by atoms with Crippen molar-refractivity contribution in [1.82, 2.24) is 4.57 Å². The van der Waals surface area contributed by atoms with Gasteiger partial charge >= 0.3 is 0 Å². The number of aromatic nitrogens is 1. The summed E-state index contributed by atoms with van der Waals surface area (Å²) in [6.07, 6.45) is 0. The number of hydrogen-bond acceptors (Lipinski definition) is 2. The average Bonchev–Trinajstić information content (AvgIpc) is 2.90. The molecular weight excluding hydrogens is 286 g/mol. The lowest BCUT2D eigenvalue weighted by molar-refractivity contribution is 0.0960. The van der Waals surface area contributed by atoms with E-state index in [1.165, 1.54) is 0 Å². The Bertz CT molecular complexity index is 830. The number of ether oxygens (including phenoxy) is 1. The highest BCUT2D eigenvalue weighted by Gasteiger charge is 2.18. The monoisotopic (exact) mass is 305 g/mol. The number of carbonyl (C=O) groups is 1. The van der Waals surface area contributed by atoms with Crippen molar-refractivity contribution in [3.8, 4) is 17.0 Å². The third-order valence-corrected chi connectivity index (χ3v) is 4.11. The van der Waals surface area contributed by atoms with E-state index in [0.29, 0.717) is 5.56 Å². The second kappa shape index (κ2) is 6.13. The van der Waals surface area contributed by atoms with E-state index in [-0.39, 0.29) is 5.91 Å². The van der Waals surface area contributed by atoms with Crippen LogP contribution in [0.3, 0.4) is 0 Å². The molecule has 0 saturated carbocycles. The van der Waals surface area contributed by atoms with Crippen molar-refractivity contribution >= 4 is 5.91 Å². The van der Waals surface area contributed by atoms with Gasteiger partial charge in [0.2, 0.25) is 0 Å². The molecule has 3 aromatic rings. The second-order valence-electron chi connectivity index (χ2n) is 5.53. The smallest absolute Gasteiger partial charge is 0.262 e. The minimum Gasteiger partial charge on any atom is -0.497 e. The van der Waals surface area contributed by atoms with E-state index in [9.17, 15) is 4.79 Å². The number of benzene rings is 2. The molecular formula is C20H19NO2. The molecule has 23 heavy (non-hydrogen) atoms. The van der Waals surface area contributed by atoms with Crippen LogP contribution in [-0.4, -0.2) is 17.6 Å². The Labute approximate surface area is 136 Å². The maximum absolute atomic E-state index is 12.9. The summed E-state index contributed by atoms with van der Waals surface area (Å²) in [5.41, 5.74) is 4.63. The van der Waals surface area contributed by atoms with Gasteiger partial charge in [0.15, 0.2) is 0 Å². The van der Waals surface area contributed by atoms with Gasteiger partial charge in [0.05, 0.1) is 12.8 Å². The molecule has 1 aromatic heterocycles. The Morgan fingerprint density at radius 2 is 1.61 bits per heavy atom. The predicted molar refractivity (Wildman–Crippen MR) is 92.1 cm³/mol. The number of rotatable bonds is 3. The van der Waals surface area contributed by atoms with Gasteiger partial charge in [-0.05, 0) is 67.4 Å². The number of aryl methyl sites for hydroxylation is 1. The molecule has 0 unspecified atom stereocenters. The van der Waals surface area contributed by atoms with Crippen LogP contribution in [-0.2, 0) is 0 Å². The third-order valence-electron chi connectivity index (χ3n) is 4.11. The Hall–Kier alpha value is -2.81. The summed E-state index contributed by atoms with van der Waals surface area (Å²) in [4.78, 5) is 12.9. The van der Waals surface area contributed by atoms with Gasteiger partial charge in [-0.15, -0.1) is 0 Å². The van der Waals surface area contributed by atoms with Crippen molar-refractivity contribution < 1.29 is 9.53 Å². The molecule has 0 aliphatic carbocycles. The predicted octanol–water partition coefficient (Wildman–Crippen LogP) is 4.47. The molecule has 1 heterocycles. The summed E-state index contributed by atoms with van der Waals surface area (Å²) in [5, 5.41) is 0. The van der Waals surface area contributed by atoms with Gasteiger partial charge in [-0.2, -0.15) is 0 Å². The van der Waals surface area contributed by atoms with Crippen LogP contribution in [0.25, 0.3) is 11.3 Å². The first-order chi connectivity index (χ1) is 11.1. The maximum atomic E-state index is 12.9. The van der Waals surface area contributed by atoms with Gasteiger partial charge in [-0.25, -0.2) is 0 Å². The molecule has 0 atom stereocenters. The van der Waals surface area contributed by atoms with Crippen molar-refractivity contribution in [1.29, 1.82) is 0 Å². The topological polar surface area (TPSA) is 31.2 Å². The van der Waals surface area contributed by atoms with Crippen LogP contribution in [0.2, 0.25) is 0 Å². The largest absolute Gasteiger partial charge is 0.497 e. The van der Waals surface area contributed by atoms with E-state index in [2.05, 4.69) is 6.07 Å². The van der Waals surface area contributed by atoms with E-state index < -0.39 is 0 Å². The first-order valence-electron chi connectivity index (χ1n) is 7.55. The molecule has 116 valence electrons. The van der Waals surface area contributed by atoms with Gasteiger partial charge in [-0.1, -0.05) is 18.2 Å². The lowest BCUT2D eigenvalue weighted by atomic mass is 10.1. The molecule has 3 heteroatoms. The maximum Gasteiger partial charge on any atom is 0.262 e.